The van der Waals surface area contributed by atoms with Crippen molar-refractivity contribution in [1.82, 2.24) is 15.2 Å². The van der Waals surface area contributed by atoms with Crippen molar-refractivity contribution in [3.63, 3.8) is 0 Å². The largest absolute Gasteiger partial charge is 0.462 e. The highest BCUT2D eigenvalue weighted by molar-refractivity contribution is 8.02. The van der Waals surface area contributed by atoms with E-state index in [1.807, 2.05) is 6.92 Å². The number of Topliss-reactive ketones (excluding diaryl/α,β-unsaturated/α-hetero) is 1. The van der Waals surface area contributed by atoms with Crippen LogP contribution in [0.2, 0.25) is 0 Å². The van der Waals surface area contributed by atoms with E-state index >= 15 is 0 Å². The van der Waals surface area contributed by atoms with Gasteiger partial charge in [-0.1, -0.05) is 23.1 Å². The normalized spacial score (nSPS) is 12.0. The Morgan fingerprint density at radius 2 is 2.08 bits per heavy atom. The number of hydrogen-bond acceptors (Lipinski definition) is 8. The number of esters is 1. The fourth-order valence-electron chi connectivity index (χ4n) is 2.27. The molecular weight excluding hydrogens is 348 g/mol. The fourth-order valence-corrected chi connectivity index (χ4v) is 4.18. The van der Waals surface area contributed by atoms with Crippen molar-refractivity contribution in [3.8, 4) is 0 Å². The minimum Gasteiger partial charge on any atom is -0.462 e. The van der Waals surface area contributed by atoms with Gasteiger partial charge >= 0.3 is 5.97 Å². The summed E-state index contributed by atoms with van der Waals surface area (Å²) in [7, 11) is 1.77. The molecule has 0 amide bonds. The van der Waals surface area contributed by atoms with Gasteiger partial charge in [-0.05, 0) is 33.3 Å². The van der Waals surface area contributed by atoms with Crippen molar-refractivity contribution >= 4 is 40.0 Å². The highest BCUT2D eigenvalue weighted by Gasteiger charge is 2.26. The number of anilines is 1. The Morgan fingerprint density at radius 1 is 1.38 bits per heavy atom. The van der Waals surface area contributed by atoms with Crippen LogP contribution in [-0.4, -0.2) is 45.8 Å². The smallest absolute Gasteiger partial charge is 0.340 e. The minimum atomic E-state index is -0.411. The topological polar surface area (TPSA) is 97.0 Å². The van der Waals surface area contributed by atoms with Gasteiger partial charge in [-0.2, -0.15) is 0 Å². The number of H-pyrrole nitrogens is 1. The van der Waals surface area contributed by atoms with E-state index in [0.29, 0.717) is 38.6 Å². The van der Waals surface area contributed by atoms with E-state index in [2.05, 4.69) is 20.5 Å². The number of ketones is 1. The van der Waals surface area contributed by atoms with E-state index < -0.39 is 5.97 Å². The molecule has 7 nitrogen and oxygen atoms in total. The van der Waals surface area contributed by atoms with Gasteiger partial charge in [0.1, 0.15) is 0 Å². The molecule has 0 radical (unpaired) electrons. The number of thioether (sulfide) groups is 1. The third kappa shape index (κ3) is 3.78. The van der Waals surface area contributed by atoms with Gasteiger partial charge < -0.3 is 15.0 Å². The Bertz CT molecular complexity index is 754. The number of nitrogens with one attached hydrogen (secondary N) is 2. The molecule has 0 unspecified atom stereocenters. The molecule has 2 rings (SSSR count). The molecule has 0 fully saturated rings. The van der Waals surface area contributed by atoms with Crippen molar-refractivity contribution in [2.45, 2.75) is 37.3 Å². The van der Waals surface area contributed by atoms with Crippen LogP contribution >= 0.6 is 23.1 Å². The lowest BCUT2D eigenvalue weighted by atomic mass is 10.1. The van der Waals surface area contributed by atoms with E-state index in [1.165, 1.54) is 23.1 Å². The molecule has 0 spiro atoms. The number of carbonyl (C=O) groups excluding carboxylic acids is 2. The van der Waals surface area contributed by atoms with Crippen molar-refractivity contribution in [2.24, 2.45) is 0 Å². The number of carbonyl (C=O) groups is 2. The van der Waals surface area contributed by atoms with Crippen LogP contribution in [0.15, 0.2) is 4.34 Å². The molecule has 0 bridgehead atoms. The number of nitrogens with zero attached hydrogens (tertiary/aromatic N) is 2. The first-order valence-corrected chi connectivity index (χ1v) is 9.17. The first kappa shape index (κ1) is 18.5. The molecule has 2 aromatic rings. The minimum absolute atomic E-state index is 0.0858. The Morgan fingerprint density at radius 3 is 2.67 bits per heavy atom. The van der Waals surface area contributed by atoms with Gasteiger partial charge in [-0.15, -0.1) is 10.2 Å². The molecule has 1 atom stereocenters. The van der Waals surface area contributed by atoms with Gasteiger partial charge in [0, 0.05) is 12.7 Å². The van der Waals surface area contributed by atoms with Gasteiger partial charge in [0.15, 0.2) is 10.1 Å². The summed E-state index contributed by atoms with van der Waals surface area (Å²) in [4.78, 5) is 27.8. The lowest BCUT2D eigenvalue weighted by Crippen LogP contribution is -2.15. The molecule has 2 aromatic heterocycles. The summed E-state index contributed by atoms with van der Waals surface area (Å²) >= 11 is 2.74. The first-order chi connectivity index (χ1) is 11.4. The maximum Gasteiger partial charge on any atom is 0.340 e. The summed E-state index contributed by atoms with van der Waals surface area (Å²) in [5.74, 6) is -0.497. The molecule has 0 saturated heterocycles. The van der Waals surface area contributed by atoms with Crippen molar-refractivity contribution in [1.29, 1.82) is 0 Å². The number of aromatic amines is 1. The molecule has 9 heteroatoms. The predicted octanol–water partition coefficient (Wildman–Crippen LogP) is 3.06. The molecule has 0 aliphatic heterocycles. The van der Waals surface area contributed by atoms with E-state index in [1.54, 1.807) is 27.8 Å². The molecular formula is C15H20N4O3S2. The fraction of sp³-hybridized carbons (Fsp3) is 0.467. The second-order valence-corrected chi connectivity index (χ2v) is 7.66. The highest BCUT2D eigenvalue weighted by atomic mass is 32.2. The van der Waals surface area contributed by atoms with Crippen LogP contribution in [0, 0.1) is 13.8 Å². The lowest BCUT2D eigenvalue weighted by molar-refractivity contribution is 0.0525. The monoisotopic (exact) mass is 368 g/mol. The summed E-state index contributed by atoms with van der Waals surface area (Å²) in [6.45, 7) is 7.38. The summed E-state index contributed by atoms with van der Waals surface area (Å²) in [5, 5.41) is 11.3. The standard InChI is InChI=1S/C15H20N4O3S2/c1-6-22-13(21)10-7(2)11(17-8(10)3)12(20)9(4)23-15-19-18-14(16-5)24-15/h9,17H,6H2,1-5H3,(H,16,18)/t9-/m1/s1. The molecule has 0 saturated carbocycles. The molecule has 130 valence electrons. The van der Waals surface area contributed by atoms with Gasteiger partial charge in [-0.3, -0.25) is 4.79 Å². The summed E-state index contributed by atoms with van der Waals surface area (Å²) in [6.07, 6.45) is 0. The maximum atomic E-state index is 12.7. The number of ether oxygens (including phenoxy) is 1. The Labute approximate surface area is 148 Å². The number of hydrogen-bond donors (Lipinski definition) is 2. The lowest BCUT2D eigenvalue weighted by Gasteiger charge is -2.07. The van der Waals surface area contributed by atoms with Gasteiger partial charge in [0.25, 0.3) is 0 Å². The van der Waals surface area contributed by atoms with E-state index in [4.69, 9.17) is 4.74 Å². The van der Waals surface area contributed by atoms with Crippen LogP contribution in [-0.2, 0) is 4.74 Å². The zero-order valence-corrected chi connectivity index (χ0v) is 15.9. The van der Waals surface area contributed by atoms with Gasteiger partial charge in [-0.25, -0.2) is 4.79 Å². The summed E-state index contributed by atoms with van der Waals surface area (Å²) in [5.41, 5.74) is 2.14. The third-order valence-electron chi connectivity index (χ3n) is 3.43. The van der Waals surface area contributed by atoms with Crippen LogP contribution in [0.5, 0.6) is 0 Å². The van der Waals surface area contributed by atoms with Gasteiger partial charge in [0.05, 0.1) is 23.1 Å². The van der Waals surface area contributed by atoms with E-state index in [0.717, 1.165) is 0 Å². The Hall–Kier alpha value is -1.87. The maximum absolute atomic E-state index is 12.7. The number of aryl methyl sites for hydroxylation is 1. The zero-order valence-electron chi connectivity index (χ0n) is 14.2. The SMILES string of the molecule is CCOC(=O)c1c(C)[nH]c(C(=O)[C@@H](C)Sc2nnc(NC)s2)c1C. The number of aromatic nitrogens is 3. The summed E-state index contributed by atoms with van der Waals surface area (Å²) < 4.78 is 5.77. The van der Waals surface area contributed by atoms with E-state index in [9.17, 15) is 9.59 Å². The molecule has 0 aliphatic carbocycles. The zero-order chi connectivity index (χ0) is 17.9. The second kappa shape index (κ2) is 7.80. The Balaban J connectivity index is 2.19. The van der Waals surface area contributed by atoms with Crippen molar-refractivity contribution in [2.75, 3.05) is 19.0 Å². The third-order valence-corrected chi connectivity index (χ3v) is 5.56. The molecule has 2 heterocycles. The molecule has 2 N–H and O–H groups in total. The van der Waals surface area contributed by atoms with E-state index in [-0.39, 0.29) is 11.0 Å². The average molecular weight is 368 g/mol. The van der Waals surface area contributed by atoms with Crippen LogP contribution in [0.3, 0.4) is 0 Å². The Kier molecular flexibility index (Phi) is 6.00. The molecule has 0 aromatic carbocycles. The highest BCUT2D eigenvalue weighted by Crippen LogP contribution is 2.31. The van der Waals surface area contributed by atoms with Crippen LogP contribution < -0.4 is 5.32 Å². The predicted molar refractivity (Wildman–Crippen MR) is 95.3 cm³/mol. The van der Waals surface area contributed by atoms with Crippen LogP contribution in [0.4, 0.5) is 5.13 Å². The first-order valence-electron chi connectivity index (χ1n) is 7.47. The van der Waals surface area contributed by atoms with Crippen molar-refractivity contribution < 1.29 is 14.3 Å². The van der Waals surface area contributed by atoms with Crippen LogP contribution in [0.25, 0.3) is 0 Å². The molecule has 24 heavy (non-hydrogen) atoms. The average Bonchev–Trinajstić information content (AvgIpc) is 3.10. The second-order valence-electron chi connectivity index (χ2n) is 5.09. The quantitative estimate of drug-likeness (QED) is 0.440. The molecule has 0 aliphatic rings. The van der Waals surface area contributed by atoms with Crippen LogP contribution in [0.1, 0.15) is 46.0 Å². The van der Waals surface area contributed by atoms with Gasteiger partial charge in [0.2, 0.25) is 5.13 Å². The van der Waals surface area contributed by atoms with Crippen molar-refractivity contribution in [3.05, 3.63) is 22.5 Å². The summed E-state index contributed by atoms with van der Waals surface area (Å²) in [6, 6.07) is 0. The number of rotatable bonds is 7.